The van der Waals surface area contributed by atoms with Crippen molar-refractivity contribution < 1.29 is 9.72 Å². The number of hydrogen-bond donors (Lipinski definition) is 1. The van der Waals surface area contributed by atoms with E-state index >= 15 is 0 Å². The summed E-state index contributed by atoms with van der Waals surface area (Å²) < 4.78 is 0. The van der Waals surface area contributed by atoms with Crippen molar-refractivity contribution in [2.24, 2.45) is 5.10 Å². The average molecular weight is 319 g/mol. The molecule has 0 aromatic heterocycles. The molecule has 1 rings (SSSR count). The molecule has 0 saturated heterocycles. The van der Waals surface area contributed by atoms with E-state index in [1.807, 2.05) is 0 Å². The molecule has 0 aliphatic heterocycles. The molecule has 0 heterocycles. The topological polar surface area (TPSA) is 84.6 Å². The number of hydrazone groups is 1. The number of nitrogens with zero attached hydrogens (tertiary/aromatic N) is 2. The number of non-ortho nitro benzene ring substituents is 1. The highest BCUT2D eigenvalue weighted by atomic mass is 16.6. The van der Waals surface area contributed by atoms with E-state index in [1.54, 1.807) is 12.1 Å². The van der Waals surface area contributed by atoms with Crippen molar-refractivity contribution in [3.63, 3.8) is 0 Å². The lowest BCUT2D eigenvalue weighted by Crippen LogP contribution is -2.16. The monoisotopic (exact) mass is 319 g/mol. The van der Waals surface area contributed by atoms with E-state index in [0.717, 1.165) is 12.8 Å². The first-order chi connectivity index (χ1) is 11.1. The Morgan fingerprint density at radius 3 is 2.35 bits per heavy atom. The SMILES string of the molecule is CCCCCCCCCC(=O)N/N=C/c1ccc([N+](=O)[O-])cc1. The first-order valence-corrected chi connectivity index (χ1v) is 8.20. The molecule has 0 spiro atoms. The predicted molar refractivity (Wildman–Crippen MR) is 91.4 cm³/mol. The summed E-state index contributed by atoms with van der Waals surface area (Å²) in [4.78, 5) is 21.7. The lowest BCUT2D eigenvalue weighted by atomic mass is 10.1. The van der Waals surface area contributed by atoms with Crippen molar-refractivity contribution in [2.75, 3.05) is 0 Å². The molecule has 0 atom stereocenters. The van der Waals surface area contributed by atoms with Gasteiger partial charge in [-0.25, -0.2) is 5.43 Å². The standard InChI is InChI=1S/C17H25N3O3/c1-2-3-4-5-6-7-8-9-17(21)19-18-14-15-10-12-16(13-11-15)20(22)23/h10-14H,2-9H2,1H3,(H,19,21)/b18-14+. The van der Waals surface area contributed by atoms with Crippen LogP contribution in [0.4, 0.5) is 5.69 Å². The first kappa shape index (κ1) is 18.8. The molecule has 0 radical (unpaired) electrons. The number of rotatable bonds is 11. The van der Waals surface area contributed by atoms with E-state index in [1.165, 1.54) is 50.5 Å². The van der Waals surface area contributed by atoms with Crippen molar-refractivity contribution in [2.45, 2.75) is 58.3 Å². The normalized spacial score (nSPS) is 10.8. The molecule has 1 amide bonds. The van der Waals surface area contributed by atoms with Crippen LogP contribution in [0.1, 0.15) is 63.9 Å². The molecule has 1 aromatic rings. The van der Waals surface area contributed by atoms with Gasteiger partial charge in [0, 0.05) is 18.6 Å². The van der Waals surface area contributed by atoms with E-state index in [0.29, 0.717) is 12.0 Å². The highest BCUT2D eigenvalue weighted by Crippen LogP contribution is 2.10. The van der Waals surface area contributed by atoms with Crippen LogP contribution in [0.2, 0.25) is 0 Å². The average Bonchev–Trinajstić information content (AvgIpc) is 2.54. The fraction of sp³-hybridized carbons (Fsp3) is 0.529. The van der Waals surface area contributed by atoms with Gasteiger partial charge in [-0.2, -0.15) is 5.10 Å². The zero-order valence-electron chi connectivity index (χ0n) is 13.7. The van der Waals surface area contributed by atoms with Gasteiger partial charge in [0.15, 0.2) is 0 Å². The summed E-state index contributed by atoms with van der Waals surface area (Å²) in [5, 5.41) is 14.4. The Hall–Kier alpha value is -2.24. The van der Waals surface area contributed by atoms with Crippen LogP contribution >= 0.6 is 0 Å². The summed E-state index contributed by atoms with van der Waals surface area (Å²) in [5.74, 6) is -0.100. The third-order valence-corrected chi connectivity index (χ3v) is 3.51. The molecule has 0 aliphatic rings. The number of benzene rings is 1. The molecule has 0 aliphatic carbocycles. The zero-order chi connectivity index (χ0) is 16.9. The van der Waals surface area contributed by atoms with Crippen LogP contribution in [0.3, 0.4) is 0 Å². The summed E-state index contributed by atoms with van der Waals surface area (Å²) in [6.07, 6.45) is 10.1. The number of amides is 1. The smallest absolute Gasteiger partial charge is 0.269 e. The minimum absolute atomic E-state index is 0.0325. The molecule has 0 saturated carbocycles. The van der Waals surface area contributed by atoms with Gasteiger partial charge in [-0.3, -0.25) is 14.9 Å². The number of nitrogens with one attached hydrogen (secondary N) is 1. The molecule has 0 fully saturated rings. The van der Waals surface area contributed by atoms with Crippen LogP contribution < -0.4 is 5.43 Å². The minimum Gasteiger partial charge on any atom is -0.273 e. The number of nitro benzene ring substituents is 1. The van der Waals surface area contributed by atoms with Gasteiger partial charge in [-0.05, 0) is 24.1 Å². The van der Waals surface area contributed by atoms with Crippen molar-refractivity contribution in [1.29, 1.82) is 0 Å². The molecule has 6 nitrogen and oxygen atoms in total. The van der Waals surface area contributed by atoms with Crippen molar-refractivity contribution in [1.82, 2.24) is 5.43 Å². The highest BCUT2D eigenvalue weighted by molar-refractivity contribution is 5.82. The maximum Gasteiger partial charge on any atom is 0.269 e. The van der Waals surface area contributed by atoms with E-state index in [2.05, 4.69) is 17.5 Å². The van der Waals surface area contributed by atoms with Gasteiger partial charge in [0.25, 0.3) is 5.69 Å². The van der Waals surface area contributed by atoms with Crippen molar-refractivity contribution in [3.05, 3.63) is 39.9 Å². The third-order valence-electron chi connectivity index (χ3n) is 3.51. The Morgan fingerprint density at radius 1 is 1.13 bits per heavy atom. The molecule has 0 unspecified atom stereocenters. The molecule has 1 N–H and O–H groups in total. The lowest BCUT2D eigenvalue weighted by molar-refractivity contribution is -0.384. The zero-order valence-corrected chi connectivity index (χ0v) is 13.7. The number of carbonyl (C=O) groups excluding carboxylic acids is 1. The highest BCUT2D eigenvalue weighted by Gasteiger charge is 2.03. The Morgan fingerprint density at radius 2 is 1.74 bits per heavy atom. The summed E-state index contributed by atoms with van der Waals surface area (Å²) in [7, 11) is 0. The Labute approximate surface area is 137 Å². The van der Waals surface area contributed by atoms with E-state index in [4.69, 9.17) is 0 Å². The summed E-state index contributed by atoms with van der Waals surface area (Å²) >= 11 is 0. The largest absolute Gasteiger partial charge is 0.273 e. The fourth-order valence-electron chi connectivity index (χ4n) is 2.16. The lowest BCUT2D eigenvalue weighted by Gasteiger charge is -2.01. The quantitative estimate of drug-likeness (QED) is 0.287. The number of hydrogen-bond acceptors (Lipinski definition) is 4. The maximum absolute atomic E-state index is 11.6. The van der Waals surface area contributed by atoms with Crippen LogP contribution in [-0.4, -0.2) is 17.0 Å². The van der Waals surface area contributed by atoms with Crippen LogP contribution in [0.5, 0.6) is 0 Å². The van der Waals surface area contributed by atoms with Crippen LogP contribution in [-0.2, 0) is 4.79 Å². The Kier molecular flexibility index (Phi) is 9.28. The summed E-state index contributed by atoms with van der Waals surface area (Å²) in [6.45, 7) is 2.20. The minimum atomic E-state index is -0.453. The second kappa shape index (κ2) is 11.3. The van der Waals surface area contributed by atoms with Gasteiger partial charge in [0.1, 0.15) is 0 Å². The van der Waals surface area contributed by atoms with Gasteiger partial charge in [0.05, 0.1) is 11.1 Å². The Balaban J connectivity index is 2.16. The first-order valence-electron chi connectivity index (χ1n) is 8.20. The van der Waals surface area contributed by atoms with Gasteiger partial charge in [0.2, 0.25) is 5.91 Å². The second-order valence-electron chi connectivity index (χ2n) is 5.51. The third kappa shape index (κ3) is 8.70. The second-order valence-corrected chi connectivity index (χ2v) is 5.51. The molecular formula is C17H25N3O3. The predicted octanol–water partition coefficient (Wildman–Crippen LogP) is 4.19. The molecule has 126 valence electrons. The van der Waals surface area contributed by atoms with Crippen LogP contribution in [0.15, 0.2) is 29.4 Å². The number of carbonyl (C=O) groups is 1. The van der Waals surface area contributed by atoms with E-state index in [9.17, 15) is 14.9 Å². The summed E-state index contributed by atoms with van der Waals surface area (Å²) in [5.41, 5.74) is 3.21. The Bertz CT molecular complexity index is 512. The maximum atomic E-state index is 11.6. The van der Waals surface area contributed by atoms with E-state index in [-0.39, 0.29) is 11.6 Å². The van der Waals surface area contributed by atoms with E-state index < -0.39 is 4.92 Å². The number of unbranched alkanes of at least 4 members (excludes halogenated alkanes) is 6. The molecule has 1 aromatic carbocycles. The van der Waals surface area contributed by atoms with Crippen LogP contribution in [0.25, 0.3) is 0 Å². The van der Waals surface area contributed by atoms with Gasteiger partial charge >= 0.3 is 0 Å². The molecule has 0 bridgehead atoms. The molecular weight excluding hydrogens is 294 g/mol. The molecule has 23 heavy (non-hydrogen) atoms. The van der Waals surface area contributed by atoms with Crippen LogP contribution in [0, 0.1) is 10.1 Å². The van der Waals surface area contributed by atoms with Gasteiger partial charge < -0.3 is 0 Å². The van der Waals surface area contributed by atoms with Gasteiger partial charge in [-0.1, -0.05) is 45.4 Å². The fourth-order valence-corrected chi connectivity index (χ4v) is 2.16. The summed E-state index contributed by atoms with van der Waals surface area (Å²) in [6, 6.07) is 5.98. The van der Waals surface area contributed by atoms with Crippen molar-refractivity contribution >= 4 is 17.8 Å². The van der Waals surface area contributed by atoms with Crippen molar-refractivity contribution in [3.8, 4) is 0 Å². The van der Waals surface area contributed by atoms with Gasteiger partial charge in [-0.15, -0.1) is 0 Å². The number of nitro groups is 1. The molecule has 6 heteroatoms.